The summed E-state index contributed by atoms with van der Waals surface area (Å²) in [6.45, 7) is 0. The van der Waals surface area contributed by atoms with Gasteiger partial charge in [-0.15, -0.1) is 5.10 Å². The molecule has 4 rings (SSSR count). The molecule has 4 aromatic heterocycles. The van der Waals surface area contributed by atoms with Crippen LogP contribution in [-0.4, -0.2) is 24.6 Å². The normalized spacial score (nSPS) is 12.1. The van der Waals surface area contributed by atoms with E-state index in [2.05, 4.69) is 20.1 Å². The summed E-state index contributed by atoms with van der Waals surface area (Å²) in [7, 11) is 0. The van der Waals surface area contributed by atoms with Crippen LogP contribution in [0.15, 0.2) is 53.8 Å². The highest BCUT2D eigenvalue weighted by atomic mass is 32.1. The molecule has 0 unspecified atom stereocenters. The van der Waals surface area contributed by atoms with Crippen molar-refractivity contribution in [2.45, 2.75) is 0 Å². The first-order valence-corrected chi connectivity index (χ1v) is 7.35. The zero-order valence-corrected chi connectivity index (χ0v) is 12.1. The third-order valence-corrected chi connectivity index (χ3v) is 4.08. The first-order valence-electron chi connectivity index (χ1n) is 6.53. The van der Waals surface area contributed by atoms with Gasteiger partial charge in [0.15, 0.2) is 5.82 Å². The second kappa shape index (κ2) is 5.12. The Kier molecular flexibility index (Phi) is 2.97. The summed E-state index contributed by atoms with van der Waals surface area (Å²) < 4.78 is 1.94. The van der Waals surface area contributed by atoms with E-state index in [4.69, 9.17) is 0 Å². The molecule has 0 fully saturated rings. The minimum atomic E-state index is -0.162. The summed E-state index contributed by atoms with van der Waals surface area (Å²) >= 11 is 1.32. The van der Waals surface area contributed by atoms with Crippen molar-refractivity contribution >= 4 is 22.4 Å². The van der Waals surface area contributed by atoms with Gasteiger partial charge in [0.2, 0.25) is 4.96 Å². The van der Waals surface area contributed by atoms with Gasteiger partial charge in [-0.3, -0.25) is 14.8 Å². The first-order chi connectivity index (χ1) is 10.8. The lowest BCUT2D eigenvalue weighted by molar-refractivity contribution is 0.936. The largest absolute Gasteiger partial charge is 0.291 e. The van der Waals surface area contributed by atoms with Gasteiger partial charge in [0.1, 0.15) is 0 Å². The molecule has 0 aliphatic carbocycles. The Balaban J connectivity index is 1.85. The van der Waals surface area contributed by atoms with Gasteiger partial charge < -0.3 is 0 Å². The maximum atomic E-state index is 12.4. The molecule has 22 heavy (non-hydrogen) atoms. The van der Waals surface area contributed by atoms with E-state index in [0.29, 0.717) is 15.3 Å². The fourth-order valence-corrected chi connectivity index (χ4v) is 2.98. The molecule has 4 heterocycles. The number of thiazole rings is 1. The molecule has 7 heteroatoms. The molecule has 0 saturated heterocycles. The molecule has 0 aliphatic heterocycles. The van der Waals surface area contributed by atoms with Crippen LogP contribution < -0.4 is 10.1 Å². The second-order valence-corrected chi connectivity index (χ2v) is 5.57. The summed E-state index contributed by atoms with van der Waals surface area (Å²) in [4.78, 5) is 25.3. The second-order valence-electron chi connectivity index (χ2n) is 4.56. The molecular formula is C15H9N5OS. The molecule has 0 aromatic carbocycles. The van der Waals surface area contributed by atoms with Gasteiger partial charge in [-0.2, -0.15) is 9.50 Å². The van der Waals surface area contributed by atoms with E-state index < -0.39 is 0 Å². The van der Waals surface area contributed by atoms with Crippen molar-refractivity contribution in [1.82, 2.24) is 24.6 Å². The van der Waals surface area contributed by atoms with Crippen molar-refractivity contribution in [3.8, 4) is 11.4 Å². The number of hydrogen-bond donors (Lipinski definition) is 0. The van der Waals surface area contributed by atoms with E-state index in [9.17, 15) is 4.79 Å². The molecular weight excluding hydrogens is 298 g/mol. The average Bonchev–Trinajstić information content (AvgIpc) is 3.10. The Morgan fingerprint density at radius 1 is 1.00 bits per heavy atom. The van der Waals surface area contributed by atoms with Gasteiger partial charge in [-0.25, -0.2) is 0 Å². The Bertz CT molecular complexity index is 1040. The molecule has 0 amide bonds. The summed E-state index contributed by atoms with van der Waals surface area (Å²) in [5, 5.41) is 4.29. The summed E-state index contributed by atoms with van der Waals surface area (Å²) in [5.41, 5.74) is 1.60. The number of nitrogens with zero attached hydrogens (tertiary/aromatic N) is 5. The van der Waals surface area contributed by atoms with Gasteiger partial charge in [0.05, 0.1) is 4.53 Å². The Hall–Kier alpha value is -2.93. The van der Waals surface area contributed by atoms with Crippen molar-refractivity contribution in [3.05, 3.63) is 69.5 Å². The van der Waals surface area contributed by atoms with Crippen LogP contribution in [0.4, 0.5) is 0 Å². The smallest absolute Gasteiger partial charge is 0.266 e. The van der Waals surface area contributed by atoms with Crippen molar-refractivity contribution < 1.29 is 0 Å². The van der Waals surface area contributed by atoms with Crippen LogP contribution in [0.2, 0.25) is 0 Å². The third-order valence-electron chi connectivity index (χ3n) is 3.12. The van der Waals surface area contributed by atoms with Crippen LogP contribution in [0.25, 0.3) is 22.4 Å². The van der Waals surface area contributed by atoms with Crippen molar-refractivity contribution in [1.29, 1.82) is 0 Å². The molecule has 106 valence electrons. The van der Waals surface area contributed by atoms with Crippen LogP contribution in [0.5, 0.6) is 0 Å². The Morgan fingerprint density at radius 3 is 2.36 bits per heavy atom. The fourth-order valence-electron chi connectivity index (χ4n) is 2.07. The van der Waals surface area contributed by atoms with E-state index in [0.717, 1.165) is 11.1 Å². The average molecular weight is 307 g/mol. The number of rotatable bonds is 2. The first kappa shape index (κ1) is 12.8. The molecule has 0 saturated carbocycles. The van der Waals surface area contributed by atoms with E-state index >= 15 is 0 Å². The monoisotopic (exact) mass is 307 g/mol. The van der Waals surface area contributed by atoms with Crippen molar-refractivity contribution in [3.63, 3.8) is 0 Å². The fraction of sp³-hybridized carbons (Fsp3) is 0. The predicted octanol–water partition coefficient (Wildman–Crippen LogP) is 1.16. The summed E-state index contributed by atoms with van der Waals surface area (Å²) in [6, 6.07) is 7.32. The number of pyridine rings is 2. The molecule has 0 bridgehead atoms. The minimum Gasteiger partial charge on any atom is -0.266 e. The topological polar surface area (TPSA) is 73.0 Å². The van der Waals surface area contributed by atoms with E-state index in [1.54, 1.807) is 24.8 Å². The highest BCUT2D eigenvalue weighted by Gasteiger charge is 2.11. The molecule has 4 aromatic rings. The van der Waals surface area contributed by atoms with E-state index in [1.807, 2.05) is 30.3 Å². The minimum absolute atomic E-state index is 0.162. The van der Waals surface area contributed by atoms with Crippen LogP contribution in [0.3, 0.4) is 0 Å². The lowest BCUT2D eigenvalue weighted by Crippen LogP contribution is -2.23. The zero-order valence-electron chi connectivity index (χ0n) is 11.2. The number of aromatic nitrogens is 5. The number of fused-ring (bicyclic) bond motifs is 1. The molecule has 0 N–H and O–H groups in total. The lowest BCUT2D eigenvalue weighted by atomic mass is 10.2. The standard InChI is InChI=1S/C15H9N5OS/c21-14-12(9-10-1-5-16-6-2-10)22-15-18-13(19-20(14)15)11-3-7-17-8-4-11/h1-9H/b12-9-. The van der Waals surface area contributed by atoms with Crippen molar-refractivity contribution in [2.24, 2.45) is 0 Å². The Labute approximate surface area is 128 Å². The molecule has 6 nitrogen and oxygen atoms in total. The lowest BCUT2D eigenvalue weighted by Gasteiger charge is -1.91. The van der Waals surface area contributed by atoms with Crippen LogP contribution in [0, 0.1) is 0 Å². The molecule has 0 radical (unpaired) electrons. The zero-order chi connectivity index (χ0) is 14.9. The highest BCUT2D eigenvalue weighted by molar-refractivity contribution is 7.15. The number of hydrogen-bond acceptors (Lipinski definition) is 6. The molecule has 0 spiro atoms. The van der Waals surface area contributed by atoms with Crippen molar-refractivity contribution in [2.75, 3.05) is 0 Å². The van der Waals surface area contributed by atoms with Gasteiger partial charge in [0.25, 0.3) is 5.56 Å². The van der Waals surface area contributed by atoms with Gasteiger partial charge in [-0.05, 0) is 35.9 Å². The van der Waals surface area contributed by atoms with Gasteiger partial charge >= 0.3 is 0 Å². The maximum Gasteiger partial charge on any atom is 0.291 e. The highest BCUT2D eigenvalue weighted by Crippen LogP contribution is 2.14. The maximum absolute atomic E-state index is 12.4. The Morgan fingerprint density at radius 2 is 1.68 bits per heavy atom. The van der Waals surface area contributed by atoms with Gasteiger partial charge in [0, 0.05) is 30.4 Å². The molecule has 0 aliphatic rings. The van der Waals surface area contributed by atoms with Crippen LogP contribution in [-0.2, 0) is 0 Å². The molecule has 0 atom stereocenters. The third kappa shape index (κ3) is 2.17. The van der Waals surface area contributed by atoms with Crippen LogP contribution in [0.1, 0.15) is 5.56 Å². The van der Waals surface area contributed by atoms with Gasteiger partial charge in [-0.1, -0.05) is 11.3 Å². The van der Waals surface area contributed by atoms with E-state index in [-0.39, 0.29) is 5.56 Å². The predicted molar refractivity (Wildman–Crippen MR) is 83.4 cm³/mol. The van der Waals surface area contributed by atoms with Crippen LogP contribution >= 0.6 is 11.3 Å². The van der Waals surface area contributed by atoms with E-state index in [1.165, 1.54) is 15.9 Å². The SMILES string of the molecule is O=c1/c(=C/c2ccncc2)sc2nc(-c3ccncc3)nn12. The summed E-state index contributed by atoms with van der Waals surface area (Å²) in [5.74, 6) is 0.529. The quantitative estimate of drug-likeness (QED) is 0.555. The summed E-state index contributed by atoms with van der Waals surface area (Å²) in [6.07, 6.45) is 8.54.